The van der Waals surface area contributed by atoms with E-state index in [9.17, 15) is 24.4 Å². The van der Waals surface area contributed by atoms with Gasteiger partial charge in [0.05, 0.1) is 0 Å². The van der Waals surface area contributed by atoms with E-state index in [0.29, 0.717) is 0 Å². The number of carbonyl (C=O) groups excluding carboxylic acids is 1. The second-order valence-corrected chi connectivity index (χ2v) is 14.6. The van der Waals surface area contributed by atoms with Crippen molar-refractivity contribution in [3.63, 3.8) is 0 Å². The van der Waals surface area contributed by atoms with Crippen LogP contribution in [0.1, 0.15) is 40.8 Å². The maximum atomic E-state index is 15.7. The number of aromatic amines is 1. The van der Waals surface area contributed by atoms with Crippen LogP contribution in [0.5, 0.6) is 5.75 Å². The molecule has 2 aromatic heterocycles. The van der Waals surface area contributed by atoms with Gasteiger partial charge in [0.1, 0.15) is 0 Å². The summed E-state index contributed by atoms with van der Waals surface area (Å²) >= 11 is 1.56. The fourth-order valence-corrected chi connectivity index (χ4v) is 6.74. The van der Waals surface area contributed by atoms with Gasteiger partial charge >= 0.3 is 252 Å². The van der Waals surface area contributed by atoms with E-state index in [-0.39, 0.29) is 17.8 Å². The van der Waals surface area contributed by atoms with Crippen LogP contribution < -0.4 is 20.9 Å². The summed E-state index contributed by atoms with van der Waals surface area (Å²) in [5, 5.41) is 15.4. The van der Waals surface area contributed by atoms with E-state index >= 15 is 4.39 Å². The number of H-pyrrole nitrogens is 1. The average Bonchev–Trinajstić information content (AvgIpc) is 3.54. The van der Waals surface area contributed by atoms with Crippen LogP contribution in [0.3, 0.4) is 0 Å². The fourth-order valence-electron chi connectivity index (χ4n) is 4.29. The number of nitrogens with zero attached hydrogens (tertiary/aromatic N) is 1. The topological polar surface area (TPSA) is 161 Å². The molecule has 1 saturated heterocycles. The molecule has 0 unspecified atom stereocenters. The summed E-state index contributed by atoms with van der Waals surface area (Å²) in [7, 11) is -4.52. The Balaban J connectivity index is 1.53. The molecule has 1 aromatic carbocycles. The minimum absolute atomic E-state index is 0.131. The molecular weight excluding hydrogens is 604 g/mol. The van der Waals surface area contributed by atoms with Crippen molar-refractivity contribution < 1.29 is 37.7 Å². The summed E-state index contributed by atoms with van der Waals surface area (Å²) in [5.41, 5.74) is -3.46. The van der Waals surface area contributed by atoms with E-state index < -0.39 is 62.1 Å². The molecule has 1 aliphatic heterocycles. The van der Waals surface area contributed by atoms with Gasteiger partial charge in [0.15, 0.2) is 0 Å². The van der Waals surface area contributed by atoms with Gasteiger partial charge in [0.2, 0.25) is 0 Å². The summed E-state index contributed by atoms with van der Waals surface area (Å²) in [4.78, 5) is 51.0. The molecule has 12 nitrogen and oxygen atoms in total. The predicted molar refractivity (Wildman–Crippen MR) is 161 cm³/mol. The molecule has 1 fully saturated rings. The van der Waals surface area contributed by atoms with Crippen LogP contribution in [0.2, 0.25) is 0 Å². The predicted octanol–water partition coefficient (Wildman–Crippen LogP) is 3.32. The van der Waals surface area contributed by atoms with Gasteiger partial charge in [-0.2, -0.15) is 0 Å². The van der Waals surface area contributed by atoms with E-state index in [0.717, 1.165) is 34.2 Å². The number of ether oxygens (including phenoxy) is 2. The van der Waals surface area contributed by atoms with Gasteiger partial charge in [-0.3, -0.25) is 0 Å². The number of esters is 1. The zero-order chi connectivity index (χ0) is 31.6. The molecule has 0 amide bonds. The average molecular weight is 642 g/mol. The van der Waals surface area contributed by atoms with E-state index in [2.05, 4.69) is 5.09 Å². The van der Waals surface area contributed by atoms with Crippen molar-refractivity contribution in [3.05, 3.63) is 74.9 Å². The first-order valence-corrected chi connectivity index (χ1v) is 16.2. The number of nitrogens with one attached hydrogen (secondary N) is 2. The third-order valence-electron chi connectivity index (χ3n) is 6.58. The molecule has 0 aliphatic carbocycles. The summed E-state index contributed by atoms with van der Waals surface area (Å²) in [6.45, 7) is 7.75. The minimum atomic E-state index is -4.52. The Bertz CT molecular complexity index is 1510. The SMILES string of the molecule is C[C@H](N[PH](O)(OC[C@H]1O[C@@H](n2ccc(=O)[nH]c2=O)[C@](C)(F)[C@@H]1O)Oc1ccc(-c2cccs2)cc1)C(=O)OCC(C)(C)C. The summed E-state index contributed by atoms with van der Waals surface area (Å²) in [5.74, 6) is -0.440. The Morgan fingerprint density at radius 2 is 1.95 bits per heavy atom. The summed E-state index contributed by atoms with van der Waals surface area (Å²) in [6.07, 6.45) is -3.72. The Labute approximate surface area is 252 Å². The number of hydrogen-bond acceptors (Lipinski definition) is 11. The van der Waals surface area contributed by atoms with Crippen molar-refractivity contribution in [2.24, 2.45) is 5.41 Å². The van der Waals surface area contributed by atoms with Gasteiger partial charge < -0.3 is 0 Å². The van der Waals surface area contributed by atoms with Gasteiger partial charge in [-0.1, -0.05) is 0 Å². The number of thiophene rings is 1. The maximum absolute atomic E-state index is 15.7. The van der Waals surface area contributed by atoms with Crippen molar-refractivity contribution in [1.29, 1.82) is 0 Å². The molecule has 236 valence electrons. The number of aliphatic hydroxyl groups excluding tert-OH is 1. The van der Waals surface area contributed by atoms with Crippen LogP contribution in [0.25, 0.3) is 10.4 Å². The molecule has 5 atom stereocenters. The van der Waals surface area contributed by atoms with Crippen molar-refractivity contribution in [2.45, 2.75) is 64.8 Å². The molecule has 0 saturated carbocycles. The zero-order valence-corrected chi connectivity index (χ0v) is 26.2. The first kappa shape index (κ1) is 32.9. The number of hydrogen-bond donors (Lipinski definition) is 4. The Morgan fingerprint density at radius 3 is 2.56 bits per heavy atom. The molecule has 3 aromatic rings. The summed E-state index contributed by atoms with van der Waals surface area (Å²) in [6, 6.07) is 10.7. The van der Waals surface area contributed by atoms with Gasteiger partial charge in [-0.25, -0.2) is 0 Å². The number of rotatable bonds is 11. The standard InChI is InChI=1S/C28H37FN3O9PS/c1-17(24(35)38-16-27(2,3)4)31-42(37,41-19-10-8-18(9-11-19)21-7-6-14-43-21)39-15-20-23(34)28(5,29)25(40-20)32-13-12-22(33)30-26(32)36/h6-14,17,20,23,25,31,34,37,42H,15-16H2,1-5H3,(H,30,33,36)/t17-,20+,23+,25+,28+/m0/s1. The van der Waals surface area contributed by atoms with Crippen LogP contribution in [-0.4, -0.2) is 62.7 Å². The second kappa shape index (κ2) is 12.9. The number of carbonyl (C=O) groups is 1. The van der Waals surface area contributed by atoms with Crippen molar-refractivity contribution >= 4 is 25.4 Å². The van der Waals surface area contributed by atoms with E-state index in [1.165, 1.54) is 6.92 Å². The quantitative estimate of drug-likeness (QED) is 0.181. The van der Waals surface area contributed by atoms with Crippen LogP contribution in [-0.2, 0) is 18.8 Å². The molecule has 1 aliphatic rings. The number of alkyl halides is 1. The van der Waals surface area contributed by atoms with Crippen LogP contribution >= 0.6 is 19.4 Å². The van der Waals surface area contributed by atoms with Gasteiger partial charge in [-0.05, 0) is 0 Å². The zero-order valence-electron chi connectivity index (χ0n) is 24.4. The molecule has 4 rings (SSSR count). The molecule has 3 heterocycles. The van der Waals surface area contributed by atoms with Crippen molar-refractivity contribution in [2.75, 3.05) is 13.2 Å². The van der Waals surface area contributed by atoms with Crippen molar-refractivity contribution in [1.82, 2.24) is 14.6 Å². The first-order chi connectivity index (χ1) is 20.1. The van der Waals surface area contributed by atoms with Crippen molar-refractivity contribution in [3.8, 4) is 16.2 Å². The molecule has 4 N–H and O–H groups in total. The number of halogens is 1. The molecule has 0 bridgehead atoms. The molecular formula is C28H37FN3O9PS. The number of aromatic nitrogens is 2. The molecule has 0 radical (unpaired) electrons. The normalized spacial score (nSPS) is 23.6. The first-order valence-electron chi connectivity index (χ1n) is 13.6. The van der Waals surface area contributed by atoms with Crippen LogP contribution in [0.15, 0.2) is 63.6 Å². The Morgan fingerprint density at radius 1 is 1.26 bits per heavy atom. The number of benzene rings is 1. The second-order valence-electron chi connectivity index (χ2n) is 11.7. The van der Waals surface area contributed by atoms with E-state index in [4.69, 9.17) is 18.5 Å². The Hall–Kier alpha value is -2.97. The van der Waals surface area contributed by atoms with Gasteiger partial charge in [0, 0.05) is 0 Å². The van der Waals surface area contributed by atoms with E-state index in [1.54, 1.807) is 35.6 Å². The van der Waals surface area contributed by atoms with Gasteiger partial charge in [-0.15, -0.1) is 0 Å². The third-order valence-corrected chi connectivity index (χ3v) is 9.37. The summed E-state index contributed by atoms with van der Waals surface area (Å²) < 4.78 is 39.1. The molecule has 15 heteroatoms. The molecule has 43 heavy (non-hydrogen) atoms. The number of aliphatic hydroxyl groups is 1. The monoisotopic (exact) mass is 641 g/mol. The van der Waals surface area contributed by atoms with Gasteiger partial charge in [0.25, 0.3) is 0 Å². The third kappa shape index (κ3) is 8.15. The van der Waals surface area contributed by atoms with E-state index in [1.807, 2.05) is 43.3 Å². The Kier molecular flexibility index (Phi) is 9.92. The van der Waals surface area contributed by atoms with Crippen LogP contribution in [0.4, 0.5) is 4.39 Å². The fraction of sp³-hybridized carbons (Fsp3) is 0.464. The molecule has 0 spiro atoms. The van der Waals surface area contributed by atoms with Crippen LogP contribution in [0, 0.1) is 5.41 Å².